The van der Waals surface area contributed by atoms with E-state index < -0.39 is 0 Å². The number of carbonyl (C=O) groups is 1. The lowest BCUT2D eigenvalue weighted by Gasteiger charge is -2.25. The summed E-state index contributed by atoms with van der Waals surface area (Å²) in [6, 6.07) is -0.189. The Bertz CT molecular complexity index is 426. The van der Waals surface area contributed by atoms with Crippen molar-refractivity contribution in [3.63, 3.8) is 0 Å². The van der Waals surface area contributed by atoms with Crippen molar-refractivity contribution in [1.29, 1.82) is 0 Å². The fourth-order valence-corrected chi connectivity index (χ4v) is 2.59. The van der Waals surface area contributed by atoms with E-state index in [2.05, 4.69) is 12.0 Å². The highest BCUT2D eigenvalue weighted by Crippen LogP contribution is 2.32. The Morgan fingerprint density at radius 2 is 2.29 bits per heavy atom. The van der Waals surface area contributed by atoms with Gasteiger partial charge in [-0.05, 0) is 18.9 Å². The number of hydrogen-bond donors (Lipinski definition) is 1. The van der Waals surface area contributed by atoms with E-state index >= 15 is 0 Å². The Labute approximate surface area is 102 Å². The third-order valence-electron chi connectivity index (χ3n) is 3.27. The number of nitrogens with zero attached hydrogens (tertiary/aromatic N) is 3. The predicted molar refractivity (Wildman–Crippen MR) is 65.3 cm³/mol. The number of hydrogen-bond acceptors (Lipinski definition) is 3. The van der Waals surface area contributed by atoms with E-state index in [0.29, 0.717) is 6.42 Å². The Kier molecular flexibility index (Phi) is 3.19. The number of likely N-dealkylation sites (tertiary alicyclic amines) is 1. The van der Waals surface area contributed by atoms with Gasteiger partial charge in [-0.3, -0.25) is 9.48 Å². The molecule has 1 amide bonds. The molecule has 5 nitrogen and oxygen atoms in total. The van der Waals surface area contributed by atoms with Gasteiger partial charge in [-0.1, -0.05) is 6.92 Å². The number of aryl methyl sites for hydroxylation is 2. The Hall–Kier alpha value is -1.36. The maximum absolute atomic E-state index is 11.9. The largest absolute Gasteiger partial charge is 0.332 e. The van der Waals surface area contributed by atoms with Crippen LogP contribution >= 0.6 is 0 Å². The van der Waals surface area contributed by atoms with E-state index in [4.69, 9.17) is 5.73 Å². The van der Waals surface area contributed by atoms with Gasteiger partial charge in [-0.15, -0.1) is 0 Å². The summed E-state index contributed by atoms with van der Waals surface area (Å²) in [5.41, 5.74) is 8.13. The molecule has 2 N–H and O–H groups in total. The van der Waals surface area contributed by atoms with Crippen LogP contribution in [-0.4, -0.2) is 33.2 Å². The molecule has 1 aliphatic heterocycles. The monoisotopic (exact) mass is 236 g/mol. The van der Waals surface area contributed by atoms with Gasteiger partial charge >= 0.3 is 0 Å². The average Bonchev–Trinajstić information content (AvgIpc) is 2.69. The third kappa shape index (κ3) is 2.07. The first-order valence-corrected chi connectivity index (χ1v) is 6.09. The number of nitrogens with two attached hydrogens (primary N) is 1. The highest BCUT2D eigenvalue weighted by molar-refractivity contribution is 5.80. The normalized spacial score (nSPS) is 24.7. The minimum absolute atomic E-state index is 0.0522. The second kappa shape index (κ2) is 4.49. The van der Waals surface area contributed by atoms with Crippen molar-refractivity contribution >= 4 is 5.91 Å². The zero-order valence-corrected chi connectivity index (χ0v) is 10.7. The van der Waals surface area contributed by atoms with Gasteiger partial charge in [0, 0.05) is 32.3 Å². The molecule has 0 spiro atoms. The lowest BCUT2D eigenvalue weighted by atomic mass is 10.0. The second-order valence-electron chi connectivity index (χ2n) is 4.77. The maximum atomic E-state index is 11.9. The van der Waals surface area contributed by atoms with Gasteiger partial charge in [0.1, 0.15) is 0 Å². The van der Waals surface area contributed by atoms with E-state index in [1.54, 1.807) is 4.68 Å². The average molecular weight is 236 g/mol. The van der Waals surface area contributed by atoms with Crippen LogP contribution in [0.5, 0.6) is 0 Å². The lowest BCUT2D eigenvalue weighted by Crippen LogP contribution is -2.34. The van der Waals surface area contributed by atoms with Crippen LogP contribution in [0, 0.1) is 6.92 Å². The molecule has 5 heteroatoms. The van der Waals surface area contributed by atoms with E-state index in [1.165, 1.54) is 0 Å². The summed E-state index contributed by atoms with van der Waals surface area (Å²) in [6.45, 7) is 4.84. The zero-order chi connectivity index (χ0) is 12.6. The fourth-order valence-electron chi connectivity index (χ4n) is 2.59. The van der Waals surface area contributed by atoms with Crippen molar-refractivity contribution in [2.45, 2.75) is 38.8 Å². The van der Waals surface area contributed by atoms with Crippen molar-refractivity contribution in [2.24, 2.45) is 12.8 Å². The summed E-state index contributed by atoms with van der Waals surface area (Å²) in [5.74, 6) is 0.148. The topological polar surface area (TPSA) is 64.2 Å². The fraction of sp³-hybridized carbons (Fsp3) is 0.667. The van der Waals surface area contributed by atoms with Crippen LogP contribution in [0.4, 0.5) is 0 Å². The van der Waals surface area contributed by atoms with Gasteiger partial charge in [0.2, 0.25) is 5.91 Å². The van der Waals surface area contributed by atoms with Crippen LogP contribution in [0.1, 0.15) is 37.1 Å². The molecule has 2 unspecified atom stereocenters. The molecular weight excluding hydrogens is 216 g/mol. The molecule has 0 bridgehead atoms. The first kappa shape index (κ1) is 12.1. The molecule has 2 heterocycles. The van der Waals surface area contributed by atoms with Gasteiger partial charge in [-0.2, -0.15) is 5.10 Å². The molecule has 0 radical (unpaired) electrons. The standard InChI is InChI=1S/C12H20N4O/c1-4-5-16-10(17)6-9(13)12(16)11-8(2)7-15(3)14-11/h7,9,12H,4-6,13H2,1-3H3. The first-order chi connectivity index (χ1) is 8.04. The Balaban J connectivity index is 2.34. The quantitative estimate of drug-likeness (QED) is 0.842. The number of rotatable bonds is 3. The van der Waals surface area contributed by atoms with Gasteiger partial charge in [0.25, 0.3) is 0 Å². The predicted octanol–water partition coefficient (Wildman–Crippen LogP) is 0.739. The molecule has 0 aromatic carbocycles. The number of amides is 1. The Morgan fingerprint density at radius 3 is 2.82 bits per heavy atom. The highest BCUT2D eigenvalue weighted by Gasteiger charge is 2.40. The summed E-state index contributed by atoms with van der Waals surface area (Å²) in [5, 5.41) is 4.45. The van der Waals surface area contributed by atoms with Crippen LogP contribution in [0.3, 0.4) is 0 Å². The summed E-state index contributed by atoms with van der Waals surface area (Å²) < 4.78 is 1.78. The SMILES string of the molecule is CCCN1C(=O)CC(N)C1c1nn(C)cc1C. The minimum Gasteiger partial charge on any atom is -0.332 e. The summed E-state index contributed by atoms with van der Waals surface area (Å²) in [7, 11) is 1.89. The van der Waals surface area contributed by atoms with Gasteiger partial charge in [-0.25, -0.2) is 0 Å². The molecular formula is C12H20N4O. The van der Waals surface area contributed by atoms with Crippen molar-refractivity contribution in [3.05, 3.63) is 17.5 Å². The Morgan fingerprint density at radius 1 is 1.59 bits per heavy atom. The smallest absolute Gasteiger partial charge is 0.224 e. The summed E-state index contributed by atoms with van der Waals surface area (Å²) in [6.07, 6.45) is 3.34. The van der Waals surface area contributed by atoms with E-state index in [1.807, 2.05) is 25.1 Å². The van der Waals surface area contributed by atoms with Crippen LogP contribution in [0.2, 0.25) is 0 Å². The molecule has 1 aromatic rings. The molecule has 2 rings (SSSR count). The van der Waals surface area contributed by atoms with Gasteiger partial charge < -0.3 is 10.6 Å². The van der Waals surface area contributed by atoms with Crippen molar-refractivity contribution < 1.29 is 4.79 Å². The molecule has 1 aliphatic rings. The maximum Gasteiger partial charge on any atom is 0.224 e. The second-order valence-corrected chi connectivity index (χ2v) is 4.77. The molecule has 2 atom stereocenters. The molecule has 1 aromatic heterocycles. The lowest BCUT2D eigenvalue weighted by molar-refractivity contribution is -0.129. The van der Waals surface area contributed by atoms with Gasteiger partial charge in [0.15, 0.2) is 0 Å². The van der Waals surface area contributed by atoms with Crippen LogP contribution in [0.25, 0.3) is 0 Å². The molecule has 1 fully saturated rings. The molecule has 0 saturated carbocycles. The third-order valence-corrected chi connectivity index (χ3v) is 3.27. The van der Waals surface area contributed by atoms with Gasteiger partial charge in [0.05, 0.1) is 11.7 Å². The number of carbonyl (C=O) groups excluding carboxylic acids is 1. The van der Waals surface area contributed by atoms with Crippen LogP contribution in [0.15, 0.2) is 6.20 Å². The van der Waals surface area contributed by atoms with Crippen molar-refractivity contribution in [1.82, 2.24) is 14.7 Å². The molecule has 0 aliphatic carbocycles. The molecule has 1 saturated heterocycles. The highest BCUT2D eigenvalue weighted by atomic mass is 16.2. The molecule has 94 valence electrons. The summed E-state index contributed by atoms with van der Waals surface area (Å²) in [4.78, 5) is 13.8. The van der Waals surface area contributed by atoms with Crippen LogP contribution < -0.4 is 5.73 Å². The van der Waals surface area contributed by atoms with E-state index in [-0.39, 0.29) is 18.0 Å². The van der Waals surface area contributed by atoms with Crippen molar-refractivity contribution in [2.75, 3.05) is 6.54 Å². The minimum atomic E-state index is -0.136. The van der Waals surface area contributed by atoms with Crippen LogP contribution in [-0.2, 0) is 11.8 Å². The zero-order valence-electron chi connectivity index (χ0n) is 10.7. The molecule has 17 heavy (non-hydrogen) atoms. The number of aromatic nitrogens is 2. The summed E-state index contributed by atoms with van der Waals surface area (Å²) >= 11 is 0. The first-order valence-electron chi connectivity index (χ1n) is 6.09. The van der Waals surface area contributed by atoms with E-state index in [0.717, 1.165) is 24.2 Å². The van der Waals surface area contributed by atoms with Crippen molar-refractivity contribution in [3.8, 4) is 0 Å². The van der Waals surface area contributed by atoms with E-state index in [9.17, 15) is 4.79 Å².